The van der Waals surface area contributed by atoms with Crippen LogP contribution in [-0.4, -0.2) is 6.17 Å². The van der Waals surface area contributed by atoms with E-state index in [-0.39, 0.29) is 0 Å². The third-order valence-electron chi connectivity index (χ3n) is 2.23. The zero-order valence-electron chi connectivity index (χ0n) is 7.65. The van der Waals surface area contributed by atoms with Gasteiger partial charge in [0, 0.05) is 15.5 Å². The molecule has 1 aliphatic heterocycles. The number of hydrogen-bond donors (Lipinski definition) is 1. The first kappa shape index (κ1) is 9.21. The third kappa shape index (κ3) is 1.52. The van der Waals surface area contributed by atoms with Crippen molar-refractivity contribution in [2.75, 3.05) is 5.32 Å². The lowest BCUT2D eigenvalue weighted by molar-refractivity contribution is 0.629. The second-order valence-corrected chi connectivity index (χ2v) is 3.03. The van der Waals surface area contributed by atoms with Crippen molar-refractivity contribution in [2.45, 2.75) is 12.2 Å². The molecular formula is C8H7N7. The van der Waals surface area contributed by atoms with Gasteiger partial charge in [-0.1, -0.05) is 28.4 Å². The van der Waals surface area contributed by atoms with Crippen molar-refractivity contribution in [3.63, 3.8) is 0 Å². The molecule has 2 unspecified atom stereocenters. The number of para-hydroxylation sites is 1. The summed E-state index contributed by atoms with van der Waals surface area (Å²) in [4.78, 5) is 5.46. The summed E-state index contributed by atoms with van der Waals surface area (Å²) in [5.74, 6) is 0. The van der Waals surface area contributed by atoms with E-state index < -0.39 is 12.2 Å². The van der Waals surface area contributed by atoms with Crippen LogP contribution in [0.1, 0.15) is 11.6 Å². The van der Waals surface area contributed by atoms with E-state index in [9.17, 15) is 0 Å². The van der Waals surface area contributed by atoms with Crippen LogP contribution in [0.3, 0.4) is 0 Å². The molecule has 0 spiro atoms. The number of rotatable bonds is 2. The molecule has 2 atom stereocenters. The Kier molecular flexibility index (Phi) is 2.33. The molecule has 15 heavy (non-hydrogen) atoms. The highest BCUT2D eigenvalue weighted by molar-refractivity contribution is 5.58. The van der Waals surface area contributed by atoms with Crippen LogP contribution in [-0.2, 0) is 0 Å². The summed E-state index contributed by atoms with van der Waals surface area (Å²) in [7, 11) is 0. The number of anilines is 1. The molecule has 0 radical (unpaired) electrons. The first-order valence-corrected chi connectivity index (χ1v) is 4.30. The molecular weight excluding hydrogens is 194 g/mol. The Labute approximate surface area is 85.0 Å². The Morgan fingerprint density at radius 1 is 1.13 bits per heavy atom. The average Bonchev–Trinajstić information content (AvgIpc) is 2.59. The molecule has 0 amide bonds. The van der Waals surface area contributed by atoms with Crippen LogP contribution in [0.4, 0.5) is 5.69 Å². The number of azide groups is 2. The van der Waals surface area contributed by atoms with Gasteiger partial charge in [0.2, 0.25) is 0 Å². The molecule has 0 saturated carbocycles. The largest absolute Gasteiger partial charge is 0.376 e. The second kappa shape index (κ2) is 3.79. The first-order chi connectivity index (χ1) is 7.36. The molecule has 1 aromatic rings. The molecule has 74 valence electrons. The molecule has 0 aliphatic carbocycles. The fourth-order valence-electron chi connectivity index (χ4n) is 1.62. The standard InChI is InChI=1S/C8H7N7/c9-14-12-7-5-3-1-2-4-6(5)11-8(7)13-15-10/h1-4,7-8,11H. The topological polar surface area (TPSA) is 110 Å². The van der Waals surface area contributed by atoms with Gasteiger partial charge in [-0.3, -0.25) is 0 Å². The van der Waals surface area contributed by atoms with E-state index in [0.717, 1.165) is 11.3 Å². The summed E-state index contributed by atoms with van der Waals surface area (Å²) in [6.45, 7) is 0. The molecule has 0 fully saturated rings. The predicted molar refractivity (Wildman–Crippen MR) is 54.9 cm³/mol. The van der Waals surface area contributed by atoms with Gasteiger partial charge >= 0.3 is 0 Å². The highest BCUT2D eigenvalue weighted by atomic mass is 15.3. The molecule has 1 N–H and O–H groups in total. The lowest BCUT2D eigenvalue weighted by Crippen LogP contribution is -2.14. The number of hydrogen-bond acceptors (Lipinski definition) is 3. The van der Waals surface area contributed by atoms with Crippen molar-refractivity contribution >= 4 is 5.69 Å². The van der Waals surface area contributed by atoms with E-state index in [0.29, 0.717) is 0 Å². The Bertz CT molecular complexity index is 470. The second-order valence-electron chi connectivity index (χ2n) is 3.03. The fraction of sp³-hybridized carbons (Fsp3) is 0.250. The zero-order chi connectivity index (χ0) is 10.7. The highest BCUT2D eigenvalue weighted by Gasteiger charge is 2.29. The lowest BCUT2D eigenvalue weighted by Gasteiger charge is -2.08. The Morgan fingerprint density at radius 3 is 2.60 bits per heavy atom. The van der Waals surface area contributed by atoms with E-state index >= 15 is 0 Å². The monoisotopic (exact) mass is 201 g/mol. The Balaban J connectivity index is 2.45. The van der Waals surface area contributed by atoms with Gasteiger partial charge in [0.15, 0.2) is 0 Å². The minimum atomic E-state index is -0.539. The summed E-state index contributed by atoms with van der Waals surface area (Å²) in [5, 5.41) is 10.1. The fourth-order valence-corrected chi connectivity index (χ4v) is 1.62. The van der Waals surface area contributed by atoms with Crippen LogP contribution >= 0.6 is 0 Å². The van der Waals surface area contributed by atoms with Crippen molar-refractivity contribution in [3.8, 4) is 0 Å². The lowest BCUT2D eigenvalue weighted by atomic mass is 10.1. The number of fused-ring (bicyclic) bond motifs is 1. The molecule has 7 heteroatoms. The van der Waals surface area contributed by atoms with Crippen LogP contribution in [0.15, 0.2) is 34.5 Å². The van der Waals surface area contributed by atoms with Gasteiger partial charge in [-0.25, -0.2) is 0 Å². The number of benzene rings is 1. The SMILES string of the molecule is [N-]=[N+]=NC1Nc2ccccc2C1N=[N+]=[N-]. The van der Waals surface area contributed by atoms with Crippen molar-refractivity contribution in [1.29, 1.82) is 0 Å². The van der Waals surface area contributed by atoms with E-state index in [2.05, 4.69) is 25.4 Å². The first-order valence-electron chi connectivity index (χ1n) is 4.30. The quantitative estimate of drug-likeness (QED) is 0.442. The van der Waals surface area contributed by atoms with Crippen molar-refractivity contribution in [2.24, 2.45) is 10.2 Å². The van der Waals surface area contributed by atoms with E-state index in [1.807, 2.05) is 24.3 Å². The Morgan fingerprint density at radius 2 is 1.87 bits per heavy atom. The summed E-state index contributed by atoms with van der Waals surface area (Å²) >= 11 is 0. The highest BCUT2D eigenvalue weighted by Crippen LogP contribution is 2.37. The molecule has 0 aromatic heterocycles. The van der Waals surface area contributed by atoms with Gasteiger partial charge in [0.05, 0.1) is 6.04 Å². The normalized spacial score (nSPS) is 21.9. The van der Waals surface area contributed by atoms with Gasteiger partial charge in [0.25, 0.3) is 0 Å². The van der Waals surface area contributed by atoms with Crippen molar-refractivity contribution in [3.05, 3.63) is 50.7 Å². The van der Waals surface area contributed by atoms with Crippen LogP contribution in [0, 0.1) is 0 Å². The zero-order valence-corrected chi connectivity index (χ0v) is 7.65. The number of nitrogens with zero attached hydrogens (tertiary/aromatic N) is 6. The summed E-state index contributed by atoms with van der Waals surface area (Å²) in [6, 6.07) is 6.93. The van der Waals surface area contributed by atoms with Gasteiger partial charge < -0.3 is 5.32 Å². The Hall–Kier alpha value is -2.36. The van der Waals surface area contributed by atoms with Crippen LogP contribution in [0.5, 0.6) is 0 Å². The molecule has 0 saturated heterocycles. The van der Waals surface area contributed by atoms with Gasteiger partial charge in [-0.15, -0.1) is 0 Å². The minimum Gasteiger partial charge on any atom is -0.376 e. The summed E-state index contributed by atoms with van der Waals surface area (Å²) in [6.07, 6.45) is -0.539. The van der Waals surface area contributed by atoms with Crippen molar-refractivity contribution < 1.29 is 0 Å². The summed E-state index contributed by atoms with van der Waals surface area (Å²) < 4.78 is 0. The number of nitrogens with one attached hydrogen (secondary N) is 1. The van der Waals surface area contributed by atoms with E-state index in [1.54, 1.807) is 0 Å². The van der Waals surface area contributed by atoms with Gasteiger partial charge in [-0.2, -0.15) is 0 Å². The van der Waals surface area contributed by atoms with Crippen LogP contribution in [0.25, 0.3) is 20.9 Å². The van der Waals surface area contributed by atoms with Crippen LogP contribution in [0.2, 0.25) is 0 Å². The molecule has 1 aliphatic rings. The van der Waals surface area contributed by atoms with Crippen molar-refractivity contribution in [1.82, 2.24) is 0 Å². The maximum atomic E-state index is 8.43. The predicted octanol–water partition coefficient (Wildman–Crippen LogP) is 3.10. The van der Waals surface area contributed by atoms with Gasteiger partial charge in [-0.05, 0) is 22.7 Å². The van der Waals surface area contributed by atoms with E-state index in [1.165, 1.54) is 0 Å². The molecule has 1 heterocycles. The molecule has 7 nitrogen and oxygen atoms in total. The van der Waals surface area contributed by atoms with E-state index in [4.69, 9.17) is 11.1 Å². The molecule has 2 rings (SSSR count). The maximum absolute atomic E-state index is 8.43. The smallest absolute Gasteiger partial charge is 0.118 e. The van der Waals surface area contributed by atoms with Gasteiger partial charge in [0.1, 0.15) is 6.17 Å². The average molecular weight is 201 g/mol. The summed E-state index contributed by atoms with van der Waals surface area (Å²) in [5.41, 5.74) is 18.5. The molecule has 1 aromatic carbocycles. The van der Waals surface area contributed by atoms with Crippen LogP contribution < -0.4 is 5.32 Å². The molecule has 0 bridgehead atoms. The third-order valence-corrected chi connectivity index (χ3v) is 2.23. The minimum absolute atomic E-state index is 0.470. The maximum Gasteiger partial charge on any atom is 0.118 e.